The second-order valence-electron chi connectivity index (χ2n) is 5.55. The summed E-state index contributed by atoms with van der Waals surface area (Å²) in [7, 11) is 0. The molecule has 1 aliphatic heterocycles. The van der Waals surface area contributed by atoms with E-state index in [-0.39, 0.29) is 17.6 Å². The summed E-state index contributed by atoms with van der Waals surface area (Å²) in [6, 6.07) is 7.21. The number of likely N-dealkylation sites (tertiary alicyclic amines) is 1. The van der Waals surface area contributed by atoms with Crippen molar-refractivity contribution in [3.05, 3.63) is 29.8 Å². The smallest absolute Gasteiger partial charge is 0.306 e. The summed E-state index contributed by atoms with van der Waals surface area (Å²) in [5.41, 5.74) is 0.596. The van der Waals surface area contributed by atoms with E-state index in [4.69, 9.17) is 9.84 Å². The first-order valence-electron chi connectivity index (χ1n) is 7.17. The Kier molecular flexibility index (Phi) is 4.96. The average Bonchev–Trinajstić information content (AvgIpc) is 2.40. The Labute approximate surface area is 124 Å². The maximum atomic E-state index is 11.5. The van der Waals surface area contributed by atoms with Crippen LogP contribution in [0, 0.1) is 11.8 Å². The number of carbonyl (C=O) groups is 2. The lowest BCUT2D eigenvalue weighted by molar-refractivity contribution is -0.145. The van der Waals surface area contributed by atoms with Crippen LogP contribution in [0.4, 0.5) is 0 Å². The first-order valence-corrected chi connectivity index (χ1v) is 7.17. The van der Waals surface area contributed by atoms with Crippen LogP contribution >= 0.6 is 0 Å². The number of benzene rings is 1. The van der Waals surface area contributed by atoms with Gasteiger partial charge in [-0.05, 0) is 25.0 Å². The molecule has 1 aromatic carbocycles. The minimum Gasteiger partial charge on any atom is -0.491 e. The Bertz CT molecular complexity index is 523. The van der Waals surface area contributed by atoms with E-state index in [2.05, 4.69) is 4.90 Å². The molecule has 1 aromatic rings. The van der Waals surface area contributed by atoms with Gasteiger partial charge in [0.1, 0.15) is 12.4 Å². The van der Waals surface area contributed by atoms with E-state index in [9.17, 15) is 9.59 Å². The van der Waals surface area contributed by atoms with E-state index in [1.807, 2.05) is 12.1 Å². The van der Waals surface area contributed by atoms with Crippen LogP contribution in [0.2, 0.25) is 0 Å². The molecule has 1 atom stereocenters. The normalized spacial score (nSPS) is 17.0. The molecule has 0 bridgehead atoms. The molecule has 5 heteroatoms. The summed E-state index contributed by atoms with van der Waals surface area (Å²) < 4.78 is 5.67. The van der Waals surface area contributed by atoms with Crippen LogP contribution in [0.3, 0.4) is 0 Å². The second-order valence-corrected chi connectivity index (χ2v) is 5.55. The maximum Gasteiger partial charge on any atom is 0.306 e. The lowest BCUT2D eigenvalue weighted by Crippen LogP contribution is -2.52. The lowest BCUT2D eigenvalue weighted by atomic mass is 9.87. The third kappa shape index (κ3) is 3.82. The molecule has 21 heavy (non-hydrogen) atoms. The summed E-state index contributed by atoms with van der Waals surface area (Å²) in [4.78, 5) is 24.5. The number of ether oxygens (including phenoxy) is 1. The first-order chi connectivity index (χ1) is 9.99. The number of rotatable bonds is 7. The van der Waals surface area contributed by atoms with E-state index in [0.717, 1.165) is 19.6 Å². The molecule has 0 spiro atoms. The van der Waals surface area contributed by atoms with Gasteiger partial charge < -0.3 is 9.84 Å². The van der Waals surface area contributed by atoms with Crippen molar-refractivity contribution in [1.82, 2.24) is 4.90 Å². The van der Waals surface area contributed by atoms with Crippen LogP contribution in [0.1, 0.15) is 24.2 Å². The van der Waals surface area contributed by atoms with Crippen molar-refractivity contribution < 1.29 is 19.4 Å². The van der Waals surface area contributed by atoms with E-state index in [0.29, 0.717) is 17.9 Å². The van der Waals surface area contributed by atoms with Crippen LogP contribution < -0.4 is 4.74 Å². The number of aliphatic carboxylic acids is 1. The van der Waals surface area contributed by atoms with Crippen molar-refractivity contribution in [3.63, 3.8) is 0 Å². The number of carboxylic acid groups (broad SMARTS) is 1. The molecule has 5 nitrogen and oxygen atoms in total. The van der Waals surface area contributed by atoms with Gasteiger partial charge in [-0.15, -0.1) is 0 Å². The van der Waals surface area contributed by atoms with Crippen molar-refractivity contribution in [3.8, 4) is 5.75 Å². The number of hydrogen-bond acceptors (Lipinski definition) is 4. The molecule has 0 aliphatic carbocycles. The molecule has 1 N–H and O–H groups in total. The molecular formula is C16H21NO4. The summed E-state index contributed by atoms with van der Waals surface area (Å²) in [6.45, 7) is 6.11. The van der Waals surface area contributed by atoms with Crippen molar-refractivity contribution >= 4 is 11.8 Å². The zero-order valence-electron chi connectivity index (χ0n) is 12.4. The molecule has 1 saturated heterocycles. The van der Waals surface area contributed by atoms with Crippen molar-refractivity contribution in [2.24, 2.45) is 11.8 Å². The number of carboxylic acids is 1. The number of Topliss-reactive ketones (excluding diaryl/α,β-unsaturated/α-hetero) is 1. The zero-order valence-corrected chi connectivity index (χ0v) is 12.4. The first kappa shape index (κ1) is 15.5. The predicted octanol–water partition coefficient (Wildman–Crippen LogP) is 1.92. The Morgan fingerprint density at radius 3 is 2.67 bits per heavy atom. The minimum absolute atomic E-state index is 0.00935. The molecule has 1 unspecified atom stereocenters. The van der Waals surface area contributed by atoms with Crippen LogP contribution in [0.5, 0.6) is 5.75 Å². The Morgan fingerprint density at radius 1 is 1.38 bits per heavy atom. The highest BCUT2D eigenvalue weighted by Gasteiger charge is 2.34. The van der Waals surface area contributed by atoms with Crippen LogP contribution in [0.25, 0.3) is 0 Å². The van der Waals surface area contributed by atoms with E-state index >= 15 is 0 Å². The minimum atomic E-state index is -0.730. The average molecular weight is 291 g/mol. The topological polar surface area (TPSA) is 66.8 Å². The fourth-order valence-electron chi connectivity index (χ4n) is 2.48. The molecule has 1 heterocycles. The van der Waals surface area contributed by atoms with Crippen molar-refractivity contribution in [2.45, 2.75) is 13.8 Å². The number of nitrogens with zero attached hydrogens (tertiary/aromatic N) is 1. The van der Waals surface area contributed by atoms with Crippen LogP contribution in [-0.4, -0.2) is 48.0 Å². The van der Waals surface area contributed by atoms with E-state index < -0.39 is 5.97 Å². The fourth-order valence-corrected chi connectivity index (χ4v) is 2.48. The van der Waals surface area contributed by atoms with Gasteiger partial charge in [0.15, 0.2) is 5.78 Å². The maximum absolute atomic E-state index is 11.5. The third-order valence-corrected chi connectivity index (χ3v) is 4.01. The monoisotopic (exact) mass is 291 g/mol. The number of hydrogen-bond donors (Lipinski definition) is 1. The number of para-hydroxylation sites is 1. The number of ketones is 1. The molecule has 0 aromatic heterocycles. The molecule has 2 rings (SSSR count). The van der Waals surface area contributed by atoms with Gasteiger partial charge in [-0.2, -0.15) is 0 Å². The van der Waals surface area contributed by atoms with Crippen LogP contribution in [0.15, 0.2) is 24.3 Å². The molecular weight excluding hydrogens is 270 g/mol. The summed E-state index contributed by atoms with van der Waals surface area (Å²) in [5.74, 6) is -0.190. The second kappa shape index (κ2) is 6.72. The molecule has 0 saturated carbocycles. The quantitative estimate of drug-likeness (QED) is 0.777. The van der Waals surface area contributed by atoms with E-state index in [1.54, 1.807) is 19.1 Å². The van der Waals surface area contributed by atoms with Gasteiger partial charge >= 0.3 is 5.97 Å². The van der Waals surface area contributed by atoms with Crippen LogP contribution in [-0.2, 0) is 4.79 Å². The summed E-state index contributed by atoms with van der Waals surface area (Å²) >= 11 is 0. The third-order valence-electron chi connectivity index (χ3n) is 4.01. The van der Waals surface area contributed by atoms with Gasteiger partial charge in [0.05, 0.1) is 11.5 Å². The highest BCUT2D eigenvalue weighted by molar-refractivity contribution is 5.96. The Balaban J connectivity index is 1.75. The van der Waals surface area contributed by atoms with E-state index in [1.165, 1.54) is 6.92 Å². The summed E-state index contributed by atoms with van der Waals surface area (Å²) in [5, 5.41) is 8.94. The molecule has 1 aliphatic rings. The van der Waals surface area contributed by atoms with Crippen molar-refractivity contribution in [1.29, 1.82) is 0 Å². The molecule has 0 radical (unpaired) electrons. The Hall–Kier alpha value is -1.88. The molecule has 114 valence electrons. The Morgan fingerprint density at radius 2 is 2.05 bits per heavy atom. The van der Waals surface area contributed by atoms with Gasteiger partial charge in [-0.1, -0.05) is 19.1 Å². The highest BCUT2D eigenvalue weighted by atomic mass is 16.5. The zero-order chi connectivity index (χ0) is 15.4. The molecule has 0 amide bonds. The van der Waals surface area contributed by atoms with Gasteiger partial charge in [0.25, 0.3) is 0 Å². The van der Waals surface area contributed by atoms with Gasteiger partial charge in [0, 0.05) is 19.6 Å². The van der Waals surface area contributed by atoms with Gasteiger partial charge in [0.2, 0.25) is 0 Å². The predicted molar refractivity (Wildman–Crippen MR) is 78.7 cm³/mol. The fraction of sp³-hybridized carbons (Fsp3) is 0.500. The standard InChI is InChI=1S/C16H21NO4/c1-11(16(19)20)13-9-17(10-13)7-8-21-15-6-4-3-5-14(15)12(2)18/h3-6,11,13H,7-10H2,1-2H3,(H,19,20). The van der Waals surface area contributed by atoms with Gasteiger partial charge in [-0.3, -0.25) is 14.5 Å². The molecule has 1 fully saturated rings. The summed E-state index contributed by atoms with van der Waals surface area (Å²) in [6.07, 6.45) is 0. The SMILES string of the molecule is CC(=O)c1ccccc1OCCN1CC(C(C)C(=O)O)C1. The number of carbonyl (C=O) groups excluding carboxylic acids is 1. The van der Waals surface area contributed by atoms with Crippen molar-refractivity contribution in [2.75, 3.05) is 26.2 Å². The largest absolute Gasteiger partial charge is 0.491 e. The van der Waals surface area contributed by atoms with Gasteiger partial charge in [-0.25, -0.2) is 0 Å². The lowest BCUT2D eigenvalue weighted by Gasteiger charge is -2.41. The highest BCUT2D eigenvalue weighted by Crippen LogP contribution is 2.24.